The van der Waals surface area contributed by atoms with Crippen molar-refractivity contribution >= 4 is 39.4 Å². The Morgan fingerprint density at radius 2 is 1.78 bits per heavy atom. The minimum atomic E-state index is 0.102. The fourth-order valence-electron chi connectivity index (χ4n) is 2.92. The molecule has 0 saturated heterocycles. The topological polar surface area (TPSA) is 52.8 Å². The van der Waals surface area contributed by atoms with E-state index in [-0.39, 0.29) is 11.5 Å². The summed E-state index contributed by atoms with van der Waals surface area (Å²) in [5, 5.41) is 21.3. The lowest BCUT2D eigenvalue weighted by molar-refractivity contribution is 0.470. The predicted octanol–water partition coefficient (Wildman–Crippen LogP) is 6.47. The summed E-state index contributed by atoms with van der Waals surface area (Å²) in [6, 6.07) is 15.1. The molecule has 0 bridgehead atoms. The van der Waals surface area contributed by atoms with Gasteiger partial charge in [-0.1, -0.05) is 35.9 Å². The SMILES string of the molecule is Cc1cc(C)c(O)c(N=Cc2cc(Cc3ccccc3Cl)cc(Br)c2O)c1. The van der Waals surface area contributed by atoms with Crippen LogP contribution in [0.1, 0.15) is 27.8 Å². The van der Waals surface area contributed by atoms with Gasteiger partial charge in [0.2, 0.25) is 0 Å². The van der Waals surface area contributed by atoms with E-state index in [1.807, 2.05) is 56.3 Å². The molecule has 0 amide bonds. The van der Waals surface area contributed by atoms with E-state index >= 15 is 0 Å². The summed E-state index contributed by atoms with van der Waals surface area (Å²) in [6.45, 7) is 3.78. The molecule has 0 aromatic heterocycles. The van der Waals surface area contributed by atoms with Crippen LogP contribution in [-0.2, 0) is 6.42 Å². The number of halogens is 2. The number of nitrogens with zero attached hydrogens (tertiary/aromatic N) is 1. The molecule has 138 valence electrons. The van der Waals surface area contributed by atoms with Crippen LogP contribution in [0.5, 0.6) is 11.5 Å². The Morgan fingerprint density at radius 1 is 1.04 bits per heavy atom. The summed E-state index contributed by atoms with van der Waals surface area (Å²) in [6.07, 6.45) is 2.19. The zero-order chi connectivity index (χ0) is 19.6. The van der Waals surface area contributed by atoms with Crippen LogP contribution in [0.15, 0.2) is 58.0 Å². The predicted molar refractivity (Wildman–Crippen MR) is 115 cm³/mol. The first-order chi connectivity index (χ1) is 12.8. The van der Waals surface area contributed by atoms with E-state index in [0.717, 1.165) is 22.3 Å². The van der Waals surface area contributed by atoms with Gasteiger partial charge < -0.3 is 10.2 Å². The first-order valence-corrected chi connectivity index (χ1v) is 9.61. The average molecular weight is 445 g/mol. The maximum absolute atomic E-state index is 10.4. The molecule has 0 saturated carbocycles. The molecule has 0 spiro atoms. The number of hydrogen-bond donors (Lipinski definition) is 2. The van der Waals surface area contributed by atoms with Crippen molar-refractivity contribution in [3.8, 4) is 11.5 Å². The maximum Gasteiger partial charge on any atom is 0.144 e. The number of aliphatic imine (C=N–C) groups is 1. The molecule has 3 nitrogen and oxygen atoms in total. The Bertz CT molecular complexity index is 1030. The van der Waals surface area contributed by atoms with Gasteiger partial charge >= 0.3 is 0 Å². The van der Waals surface area contributed by atoms with E-state index in [2.05, 4.69) is 20.9 Å². The minimum Gasteiger partial charge on any atom is -0.506 e. The molecule has 0 atom stereocenters. The molecular weight excluding hydrogens is 426 g/mol. The van der Waals surface area contributed by atoms with Crippen molar-refractivity contribution in [3.05, 3.63) is 85.8 Å². The van der Waals surface area contributed by atoms with Gasteiger partial charge in [0.15, 0.2) is 0 Å². The molecule has 3 rings (SSSR count). The molecule has 0 aliphatic carbocycles. The number of benzene rings is 3. The zero-order valence-corrected chi connectivity index (χ0v) is 17.3. The normalized spacial score (nSPS) is 11.3. The molecule has 0 radical (unpaired) electrons. The van der Waals surface area contributed by atoms with Gasteiger partial charge in [-0.2, -0.15) is 0 Å². The van der Waals surface area contributed by atoms with Crippen molar-refractivity contribution in [1.29, 1.82) is 0 Å². The second-order valence-electron chi connectivity index (χ2n) is 6.49. The molecule has 0 aliphatic rings. The fraction of sp³-hybridized carbons (Fsp3) is 0.136. The van der Waals surface area contributed by atoms with Crippen LogP contribution in [-0.4, -0.2) is 16.4 Å². The highest BCUT2D eigenvalue weighted by molar-refractivity contribution is 9.10. The lowest BCUT2D eigenvalue weighted by Gasteiger charge is -2.09. The molecule has 5 heteroatoms. The van der Waals surface area contributed by atoms with Crippen LogP contribution >= 0.6 is 27.5 Å². The summed E-state index contributed by atoms with van der Waals surface area (Å²) in [7, 11) is 0. The second kappa shape index (κ2) is 8.15. The van der Waals surface area contributed by atoms with Crippen LogP contribution in [0, 0.1) is 13.8 Å². The lowest BCUT2D eigenvalue weighted by Crippen LogP contribution is -1.93. The summed E-state index contributed by atoms with van der Waals surface area (Å²) in [5.74, 6) is 0.244. The summed E-state index contributed by atoms with van der Waals surface area (Å²) in [4.78, 5) is 4.38. The Labute approximate surface area is 172 Å². The molecule has 0 aliphatic heterocycles. The fourth-order valence-corrected chi connectivity index (χ4v) is 3.64. The largest absolute Gasteiger partial charge is 0.506 e. The van der Waals surface area contributed by atoms with Gasteiger partial charge in [-0.05, 0) is 82.7 Å². The van der Waals surface area contributed by atoms with Gasteiger partial charge in [0, 0.05) is 16.8 Å². The third-order valence-corrected chi connectivity index (χ3v) is 5.25. The molecule has 0 unspecified atom stereocenters. The van der Waals surface area contributed by atoms with Crippen LogP contribution < -0.4 is 0 Å². The van der Waals surface area contributed by atoms with Crippen molar-refractivity contribution in [1.82, 2.24) is 0 Å². The number of rotatable bonds is 4. The van der Waals surface area contributed by atoms with Gasteiger partial charge in [-0.25, -0.2) is 0 Å². The smallest absolute Gasteiger partial charge is 0.144 e. The first kappa shape index (κ1) is 19.5. The van der Waals surface area contributed by atoms with Crippen molar-refractivity contribution in [2.24, 2.45) is 4.99 Å². The van der Waals surface area contributed by atoms with Gasteiger partial charge in [-0.15, -0.1) is 0 Å². The van der Waals surface area contributed by atoms with E-state index in [9.17, 15) is 10.2 Å². The van der Waals surface area contributed by atoms with E-state index in [1.54, 1.807) is 12.3 Å². The van der Waals surface area contributed by atoms with Crippen LogP contribution in [0.3, 0.4) is 0 Å². The first-order valence-electron chi connectivity index (χ1n) is 8.44. The number of phenols is 2. The Morgan fingerprint density at radius 3 is 2.52 bits per heavy atom. The summed E-state index contributed by atoms with van der Waals surface area (Å²) >= 11 is 9.66. The molecule has 2 N–H and O–H groups in total. The quantitative estimate of drug-likeness (QED) is 0.453. The van der Waals surface area contributed by atoms with Crippen molar-refractivity contribution in [3.63, 3.8) is 0 Å². The van der Waals surface area contributed by atoms with E-state index in [1.165, 1.54) is 0 Å². The second-order valence-corrected chi connectivity index (χ2v) is 7.75. The standard InChI is InChI=1S/C22H19BrClNO2/c1-13-7-14(2)21(26)20(8-13)25-12-17-10-15(11-18(23)22(17)27)9-16-5-3-4-6-19(16)24/h3-8,10-12,26-27H,9H2,1-2H3. The maximum atomic E-state index is 10.4. The van der Waals surface area contributed by atoms with E-state index < -0.39 is 0 Å². The molecule has 0 fully saturated rings. The van der Waals surface area contributed by atoms with E-state index in [4.69, 9.17) is 11.6 Å². The van der Waals surface area contributed by atoms with Crippen molar-refractivity contribution in [2.45, 2.75) is 20.3 Å². The minimum absolute atomic E-state index is 0.102. The molecule has 3 aromatic rings. The van der Waals surface area contributed by atoms with Crippen molar-refractivity contribution in [2.75, 3.05) is 0 Å². The van der Waals surface area contributed by atoms with E-state index in [0.29, 0.717) is 27.2 Å². The number of hydrogen-bond acceptors (Lipinski definition) is 3. The van der Waals surface area contributed by atoms with Crippen LogP contribution in [0.2, 0.25) is 5.02 Å². The van der Waals surface area contributed by atoms with Gasteiger partial charge in [0.25, 0.3) is 0 Å². The van der Waals surface area contributed by atoms with Gasteiger partial charge in [-0.3, -0.25) is 4.99 Å². The number of aromatic hydroxyl groups is 2. The van der Waals surface area contributed by atoms with Crippen molar-refractivity contribution < 1.29 is 10.2 Å². The Hall–Kier alpha value is -2.30. The Kier molecular flexibility index (Phi) is 5.88. The molecule has 3 aromatic carbocycles. The number of aryl methyl sites for hydroxylation is 2. The molecular formula is C22H19BrClNO2. The summed E-state index contributed by atoms with van der Waals surface area (Å²) in [5.41, 5.74) is 4.80. The molecule has 27 heavy (non-hydrogen) atoms. The highest BCUT2D eigenvalue weighted by atomic mass is 79.9. The Balaban J connectivity index is 1.96. The van der Waals surface area contributed by atoms with Crippen LogP contribution in [0.4, 0.5) is 5.69 Å². The molecule has 0 heterocycles. The third-order valence-electron chi connectivity index (χ3n) is 4.27. The van der Waals surface area contributed by atoms with Crippen LogP contribution in [0.25, 0.3) is 0 Å². The third kappa shape index (κ3) is 4.52. The van der Waals surface area contributed by atoms with Gasteiger partial charge in [0.05, 0.1) is 4.47 Å². The van der Waals surface area contributed by atoms with Gasteiger partial charge in [0.1, 0.15) is 17.2 Å². The lowest BCUT2D eigenvalue weighted by atomic mass is 10.0. The summed E-state index contributed by atoms with van der Waals surface area (Å²) < 4.78 is 0.582. The average Bonchev–Trinajstić information content (AvgIpc) is 2.62. The highest BCUT2D eigenvalue weighted by Crippen LogP contribution is 2.33. The zero-order valence-electron chi connectivity index (χ0n) is 15.0. The highest BCUT2D eigenvalue weighted by Gasteiger charge is 2.10. The number of phenolic OH excluding ortho intramolecular Hbond substituents is 2. The monoisotopic (exact) mass is 443 g/mol.